The van der Waals surface area contributed by atoms with Crippen LogP contribution in [0.5, 0.6) is 0 Å². The molecule has 5 heteroatoms. The fraction of sp³-hybridized carbons (Fsp3) is 0.182. The minimum atomic E-state index is 0.688. The molecule has 2 N–H and O–H groups in total. The van der Waals surface area contributed by atoms with Crippen molar-refractivity contribution in [3.05, 3.63) is 29.3 Å². The molecule has 0 spiro atoms. The first-order valence-electron chi connectivity index (χ1n) is 4.86. The molecule has 0 aliphatic rings. The van der Waals surface area contributed by atoms with Crippen molar-refractivity contribution in [3.63, 3.8) is 0 Å². The number of rotatable bonds is 3. The molecule has 2 aromatic rings. The first-order valence-corrected chi connectivity index (χ1v) is 7.04. The number of nitrogens with zero attached hydrogens (tertiary/aromatic N) is 1. The molecule has 0 atom stereocenters. The van der Waals surface area contributed by atoms with Gasteiger partial charge in [0.05, 0.1) is 5.02 Å². The Hall–Kier alpha value is -0.710. The van der Waals surface area contributed by atoms with Gasteiger partial charge in [0.25, 0.3) is 0 Å². The van der Waals surface area contributed by atoms with Crippen molar-refractivity contribution < 1.29 is 0 Å². The Labute approximate surface area is 108 Å². The number of nitrogens with two attached hydrogens (primary N) is 1. The van der Waals surface area contributed by atoms with E-state index < -0.39 is 0 Å². The van der Waals surface area contributed by atoms with Gasteiger partial charge < -0.3 is 5.73 Å². The summed E-state index contributed by atoms with van der Waals surface area (Å²) in [6.07, 6.45) is 0. The maximum Gasteiger partial charge on any atom is 0.152 e. The maximum atomic E-state index is 6.12. The van der Waals surface area contributed by atoms with E-state index in [1.807, 2.05) is 24.3 Å². The van der Waals surface area contributed by atoms with Gasteiger partial charge in [-0.25, -0.2) is 4.98 Å². The Morgan fingerprint density at radius 2 is 2.19 bits per heavy atom. The lowest BCUT2D eigenvalue weighted by Gasteiger charge is -2.00. The Kier molecular flexibility index (Phi) is 3.74. The van der Waals surface area contributed by atoms with Crippen LogP contribution in [0.25, 0.3) is 11.3 Å². The van der Waals surface area contributed by atoms with Gasteiger partial charge >= 0.3 is 0 Å². The van der Waals surface area contributed by atoms with Crippen LogP contribution in [-0.4, -0.2) is 10.7 Å². The Bertz CT molecular complexity index is 496. The summed E-state index contributed by atoms with van der Waals surface area (Å²) in [4.78, 5) is 4.50. The van der Waals surface area contributed by atoms with E-state index in [0.717, 1.165) is 26.4 Å². The van der Waals surface area contributed by atoms with Crippen LogP contribution in [0.1, 0.15) is 6.92 Å². The standard InChI is InChI=1S/C11H11ClN2S2/c1-2-15-11-14-9(10(13)16-11)7-5-3-4-6-8(7)12/h3-6H,2,13H2,1H3. The molecule has 0 radical (unpaired) electrons. The molecule has 0 unspecified atom stereocenters. The molecule has 1 heterocycles. The molecule has 0 saturated carbocycles. The largest absolute Gasteiger partial charge is 0.389 e. The second-order valence-corrected chi connectivity index (χ2v) is 6.05. The second-order valence-electron chi connectivity index (χ2n) is 3.11. The van der Waals surface area contributed by atoms with Gasteiger partial charge in [0.1, 0.15) is 10.7 Å². The van der Waals surface area contributed by atoms with Gasteiger partial charge in [-0.15, -0.1) is 0 Å². The van der Waals surface area contributed by atoms with Crippen LogP contribution in [0, 0.1) is 0 Å². The number of nitrogen functional groups attached to an aromatic ring is 1. The normalized spacial score (nSPS) is 10.6. The van der Waals surface area contributed by atoms with Crippen LogP contribution in [0.2, 0.25) is 5.02 Å². The van der Waals surface area contributed by atoms with Crippen LogP contribution in [0.4, 0.5) is 5.00 Å². The molecule has 84 valence electrons. The molecule has 16 heavy (non-hydrogen) atoms. The molecular formula is C11H11ClN2S2. The number of thioether (sulfide) groups is 1. The molecule has 0 aliphatic heterocycles. The van der Waals surface area contributed by atoms with Crippen molar-refractivity contribution in [2.75, 3.05) is 11.5 Å². The van der Waals surface area contributed by atoms with Crippen LogP contribution in [0.15, 0.2) is 28.6 Å². The summed E-state index contributed by atoms with van der Waals surface area (Å²) in [5.41, 5.74) is 7.66. The molecule has 0 saturated heterocycles. The summed E-state index contributed by atoms with van der Waals surface area (Å²) in [6, 6.07) is 7.62. The molecule has 2 rings (SSSR count). The molecule has 1 aromatic heterocycles. The summed E-state index contributed by atoms with van der Waals surface area (Å²) in [7, 11) is 0. The van der Waals surface area contributed by atoms with E-state index in [0.29, 0.717) is 5.02 Å². The van der Waals surface area contributed by atoms with E-state index in [2.05, 4.69) is 11.9 Å². The van der Waals surface area contributed by atoms with Gasteiger partial charge in [0.15, 0.2) is 4.34 Å². The lowest BCUT2D eigenvalue weighted by atomic mass is 10.2. The number of hydrogen-bond donors (Lipinski definition) is 1. The highest BCUT2D eigenvalue weighted by atomic mass is 35.5. The molecule has 0 amide bonds. The third kappa shape index (κ3) is 2.34. The average Bonchev–Trinajstić information content (AvgIpc) is 2.61. The topological polar surface area (TPSA) is 38.9 Å². The number of halogens is 1. The van der Waals surface area contributed by atoms with Gasteiger partial charge in [0, 0.05) is 5.56 Å². The lowest BCUT2D eigenvalue weighted by Crippen LogP contribution is -1.86. The first kappa shape index (κ1) is 11.8. The third-order valence-corrected chi connectivity index (χ3v) is 4.27. The fourth-order valence-corrected chi connectivity index (χ4v) is 3.41. The predicted octanol–water partition coefficient (Wildman–Crippen LogP) is 4.16. The summed E-state index contributed by atoms with van der Waals surface area (Å²) < 4.78 is 0.995. The van der Waals surface area contributed by atoms with Crippen molar-refractivity contribution in [1.82, 2.24) is 4.98 Å². The highest BCUT2D eigenvalue weighted by Crippen LogP contribution is 2.37. The van der Waals surface area contributed by atoms with Crippen molar-refractivity contribution >= 4 is 39.7 Å². The fourth-order valence-electron chi connectivity index (χ4n) is 1.34. The minimum absolute atomic E-state index is 0.688. The summed E-state index contributed by atoms with van der Waals surface area (Å²) in [5, 5.41) is 1.41. The monoisotopic (exact) mass is 270 g/mol. The molecular weight excluding hydrogens is 260 g/mol. The molecule has 0 fully saturated rings. The van der Waals surface area contributed by atoms with E-state index in [-0.39, 0.29) is 0 Å². The maximum absolute atomic E-state index is 6.12. The zero-order chi connectivity index (χ0) is 11.5. The number of thiazole rings is 1. The number of hydrogen-bond acceptors (Lipinski definition) is 4. The summed E-state index contributed by atoms with van der Waals surface area (Å²) in [6.45, 7) is 2.09. The van der Waals surface area contributed by atoms with Gasteiger partial charge in [-0.2, -0.15) is 0 Å². The summed E-state index contributed by atoms with van der Waals surface area (Å²) >= 11 is 9.33. The van der Waals surface area contributed by atoms with E-state index in [1.165, 1.54) is 11.3 Å². The molecule has 1 aromatic carbocycles. The third-order valence-electron chi connectivity index (χ3n) is 2.03. The number of benzene rings is 1. The molecule has 0 aliphatic carbocycles. The van der Waals surface area contributed by atoms with E-state index >= 15 is 0 Å². The van der Waals surface area contributed by atoms with Crippen LogP contribution < -0.4 is 5.73 Å². The second kappa shape index (κ2) is 5.08. The van der Waals surface area contributed by atoms with Gasteiger partial charge in [-0.3, -0.25) is 0 Å². The first-order chi connectivity index (χ1) is 7.72. The van der Waals surface area contributed by atoms with E-state index in [4.69, 9.17) is 17.3 Å². The van der Waals surface area contributed by atoms with Gasteiger partial charge in [0.2, 0.25) is 0 Å². The van der Waals surface area contributed by atoms with Crippen LogP contribution in [0.3, 0.4) is 0 Å². The highest BCUT2D eigenvalue weighted by Gasteiger charge is 2.12. The van der Waals surface area contributed by atoms with Crippen LogP contribution >= 0.6 is 34.7 Å². The zero-order valence-electron chi connectivity index (χ0n) is 8.74. The quantitative estimate of drug-likeness (QED) is 0.852. The Morgan fingerprint density at radius 1 is 1.44 bits per heavy atom. The Morgan fingerprint density at radius 3 is 2.88 bits per heavy atom. The zero-order valence-corrected chi connectivity index (χ0v) is 11.1. The predicted molar refractivity (Wildman–Crippen MR) is 73.4 cm³/mol. The Balaban J connectivity index is 2.44. The van der Waals surface area contributed by atoms with Crippen molar-refractivity contribution in [1.29, 1.82) is 0 Å². The van der Waals surface area contributed by atoms with Crippen molar-refractivity contribution in [2.24, 2.45) is 0 Å². The van der Waals surface area contributed by atoms with Crippen molar-refractivity contribution in [3.8, 4) is 11.3 Å². The average molecular weight is 271 g/mol. The highest BCUT2D eigenvalue weighted by molar-refractivity contribution is 8.01. The van der Waals surface area contributed by atoms with E-state index in [1.54, 1.807) is 11.8 Å². The summed E-state index contributed by atoms with van der Waals surface area (Å²) in [5.74, 6) is 0.995. The van der Waals surface area contributed by atoms with E-state index in [9.17, 15) is 0 Å². The smallest absolute Gasteiger partial charge is 0.152 e. The SMILES string of the molecule is CCSc1nc(-c2ccccc2Cl)c(N)s1. The van der Waals surface area contributed by atoms with Crippen LogP contribution in [-0.2, 0) is 0 Å². The van der Waals surface area contributed by atoms with Crippen molar-refractivity contribution in [2.45, 2.75) is 11.3 Å². The number of anilines is 1. The number of aromatic nitrogens is 1. The molecule has 0 bridgehead atoms. The minimum Gasteiger partial charge on any atom is -0.389 e. The molecule has 2 nitrogen and oxygen atoms in total. The lowest BCUT2D eigenvalue weighted by molar-refractivity contribution is 1.25. The van der Waals surface area contributed by atoms with Gasteiger partial charge in [-0.1, -0.05) is 59.8 Å². The van der Waals surface area contributed by atoms with Gasteiger partial charge in [-0.05, 0) is 11.8 Å².